The molecular formula is C30H42NSi+. The maximum atomic E-state index is 2.52. The number of benzene rings is 2. The van der Waals surface area contributed by atoms with Gasteiger partial charge in [0.25, 0.3) is 0 Å². The molecule has 0 unspecified atom stereocenters. The fourth-order valence-electron chi connectivity index (χ4n) is 5.33. The van der Waals surface area contributed by atoms with Gasteiger partial charge in [0.05, 0.1) is 19.0 Å². The van der Waals surface area contributed by atoms with Crippen LogP contribution in [0.2, 0.25) is 18.1 Å². The molecule has 0 amide bonds. The van der Waals surface area contributed by atoms with Crippen LogP contribution in [0.4, 0.5) is 0 Å². The molecule has 2 heteroatoms. The third-order valence-corrected chi connectivity index (χ3v) is 14.3. The van der Waals surface area contributed by atoms with Crippen LogP contribution in [-0.4, -0.2) is 8.07 Å². The van der Waals surface area contributed by atoms with Crippen molar-refractivity contribution in [1.82, 2.24) is 0 Å². The first kappa shape index (κ1) is 23.2. The topological polar surface area (TPSA) is 3.88 Å². The first-order chi connectivity index (χ1) is 15.0. The molecule has 1 heterocycles. The summed E-state index contributed by atoms with van der Waals surface area (Å²) in [6.45, 7) is 16.8. The van der Waals surface area contributed by atoms with E-state index in [0.29, 0.717) is 5.04 Å². The lowest BCUT2D eigenvalue weighted by Crippen LogP contribution is -2.49. The normalized spacial score (nSPS) is 16.0. The molecule has 1 aromatic heterocycles. The van der Waals surface area contributed by atoms with Crippen LogP contribution in [0.5, 0.6) is 0 Å². The van der Waals surface area contributed by atoms with Gasteiger partial charge < -0.3 is 0 Å². The van der Waals surface area contributed by atoms with Crippen molar-refractivity contribution in [1.29, 1.82) is 0 Å². The molecule has 4 rings (SSSR count). The Morgan fingerprint density at radius 2 is 1.59 bits per heavy atom. The summed E-state index contributed by atoms with van der Waals surface area (Å²) >= 11 is 0. The molecule has 0 aliphatic heterocycles. The lowest BCUT2D eigenvalue weighted by atomic mass is 9.81. The Kier molecular flexibility index (Phi) is 6.13. The molecule has 1 aliphatic rings. The van der Waals surface area contributed by atoms with E-state index >= 15 is 0 Å². The fourth-order valence-corrected chi connectivity index (χ4v) is 7.22. The summed E-state index contributed by atoms with van der Waals surface area (Å²) in [6.07, 6.45) is 9.12. The SMILES string of the molecule is Cc1cc(C2CCCCC2)cc(-c2c3ccc([Si](C)(C)C(C)(C)C)cc3cc[n+]2C)c1C. The molecule has 0 radical (unpaired) electrons. The van der Waals surface area contributed by atoms with Crippen molar-refractivity contribution in [3.05, 3.63) is 59.3 Å². The van der Waals surface area contributed by atoms with Crippen molar-refractivity contribution >= 4 is 24.0 Å². The first-order valence-electron chi connectivity index (χ1n) is 12.5. The summed E-state index contributed by atoms with van der Waals surface area (Å²) in [6, 6.07) is 14.6. The Labute approximate surface area is 196 Å². The van der Waals surface area contributed by atoms with E-state index in [-0.39, 0.29) is 0 Å². The first-order valence-corrected chi connectivity index (χ1v) is 15.5. The van der Waals surface area contributed by atoms with Crippen LogP contribution < -0.4 is 9.75 Å². The Morgan fingerprint density at radius 1 is 0.906 bits per heavy atom. The molecular weight excluding hydrogens is 402 g/mol. The lowest BCUT2D eigenvalue weighted by Gasteiger charge is -2.37. The number of aryl methyl sites for hydroxylation is 2. The monoisotopic (exact) mass is 444 g/mol. The van der Waals surface area contributed by atoms with E-state index in [2.05, 4.69) is 102 Å². The zero-order valence-electron chi connectivity index (χ0n) is 21.6. The average molecular weight is 445 g/mol. The molecule has 1 aliphatic carbocycles. The van der Waals surface area contributed by atoms with Crippen molar-refractivity contribution < 1.29 is 4.57 Å². The summed E-state index contributed by atoms with van der Waals surface area (Å²) in [7, 11) is 0.640. The molecule has 1 nitrogen and oxygen atoms in total. The van der Waals surface area contributed by atoms with E-state index in [1.165, 1.54) is 65.3 Å². The Bertz CT molecular complexity index is 1140. The largest absolute Gasteiger partial charge is 0.220 e. The second kappa shape index (κ2) is 8.45. The van der Waals surface area contributed by atoms with Crippen molar-refractivity contribution in [3.63, 3.8) is 0 Å². The molecule has 170 valence electrons. The van der Waals surface area contributed by atoms with Gasteiger partial charge in [-0.2, -0.15) is 0 Å². The molecule has 0 saturated heterocycles. The zero-order chi connectivity index (χ0) is 23.3. The second-order valence-corrected chi connectivity index (χ2v) is 17.1. The number of hydrogen-bond acceptors (Lipinski definition) is 0. The van der Waals surface area contributed by atoms with E-state index in [9.17, 15) is 0 Å². The molecule has 32 heavy (non-hydrogen) atoms. The predicted octanol–water partition coefficient (Wildman–Crippen LogP) is 7.71. The quantitative estimate of drug-likeness (QED) is 0.288. The van der Waals surface area contributed by atoms with E-state index < -0.39 is 8.07 Å². The molecule has 3 aromatic rings. The summed E-state index contributed by atoms with van der Waals surface area (Å²) < 4.78 is 2.33. The zero-order valence-corrected chi connectivity index (χ0v) is 22.6. The minimum absolute atomic E-state index is 0.338. The second-order valence-electron chi connectivity index (χ2n) is 11.8. The van der Waals surface area contributed by atoms with Crippen LogP contribution in [0.25, 0.3) is 22.0 Å². The Hall–Kier alpha value is -1.93. The molecule has 0 spiro atoms. The van der Waals surface area contributed by atoms with Gasteiger partial charge in [0.2, 0.25) is 5.69 Å². The number of rotatable bonds is 3. The fraction of sp³-hybridized carbons (Fsp3) is 0.500. The maximum absolute atomic E-state index is 2.52. The van der Waals surface area contributed by atoms with Crippen molar-refractivity contribution in [2.24, 2.45) is 7.05 Å². The van der Waals surface area contributed by atoms with Gasteiger partial charge in [0, 0.05) is 6.07 Å². The highest BCUT2D eigenvalue weighted by atomic mass is 28.3. The smallest absolute Gasteiger partial charge is 0.200 e. The van der Waals surface area contributed by atoms with Crippen LogP contribution in [-0.2, 0) is 7.05 Å². The molecule has 2 aromatic carbocycles. The Balaban J connectivity index is 1.89. The molecule has 0 N–H and O–H groups in total. The van der Waals surface area contributed by atoms with E-state index in [0.717, 1.165) is 5.92 Å². The average Bonchev–Trinajstić information content (AvgIpc) is 2.75. The van der Waals surface area contributed by atoms with Gasteiger partial charge >= 0.3 is 0 Å². The van der Waals surface area contributed by atoms with E-state index in [4.69, 9.17) is 0 Å². The molecule has 0 bridgehead atoms. The van der Waals surface area contributed by atoms with Gasteiger partial charge in [-0.25, -0.2) is 4.57 Å². The van der Waals surface area contributed by atoms with E-state index in [1.807, 2.05) is 0 Å². The summed E-state index contributed by atoms with van der Waals surface area (Å²) in [5.74, 6) is 0.729. The standard InChI is InChI=1S/C30H42NSi/c1-21-18-25(23-12-10-9-11-13-23)20-28(22(21)2)29-27-15-14-26(32(7,8)30(3,4)5)19-24(27)16-17-31(29)6/h14-20,23H,9-13H2,1-8H3/q+1. The summed E-state index contributed by atoms with van der Waals surface area (Å²) in [5.41, 5.74) is 7.18. The molecule has 1 saturated carbocycles. The third-order valence-electron chi connectivity index (χ3n) is 8.76. The van der Waals surface area contributed by atoms with E-state index in [1.54, 1.807) is 10.8 Å². The van der Waals surface area contributed by atoms with Gasteiger partial charge in [0.15, 0.2) is 6.20 Å². The minimum Gasteiger partial charge on any atom is -0.200 e. The van der Waals surface area contributed by atoms with Crippen molar-refractivity contribution in [3.8, 4) is 11.3 Å². The van der Waals surface area contributed by atoms with Crippen LogP contribution in [0.3, 0.4) is 0 Å². The highest BCUT2D eigenvalue weighted by Crippen LogP contribution is 2.39. The van der Waals surface area contributed by atoms with Gasteiger partial charge in [0.1, 0.15) is 7.05 Å². The number of fused-ring (bicyclic) bond motifs is 1. The summed E-state index contributed by atoms with van der Waals surface area (Å²) in [4.78, 5) is 0. The highest BCUT2D eigenvalue weighted by molar-refractivity contribution is 6.92. The van der Waals surface area contributed by atoms with Crippen LogP contribution in [0.15, 0.2) is 42.6 Å². The number of aromatic nitrogens is 1. The van der Waals surface area contributed by atoms with Crippen LogP contribution in [0.1, 0.15) is 75.5 Å². The number of hydrogen-bond donors (Lipinski definition) is 0. The predicted molar refractivity (Wildman–Crippen MR) is 143 cm³/mol. The van der Waals surface area contributed by atoms with Crippen molar-refractivity contribution in [2.75, 3.05) is 0 Å². The summed E-state index contributed by atoms with van der Waals surface area (Å²) in [5, 5.41) is 4.65. The van der Waals surface area contributed by atoms with Gasteiger partial charge in [-0.15, -0.1) is 0 Å². The van der Waals surface area contributed by atoms with Gasteiger partial charge in [-0.3, -0.25) is 0 Å². The minimum atomic E-state index is -1.57. The van der Waals surface area contributed by atoms with Gasteiger partial charge in [-0.1, -0.05) is 76.5 Å². The number of pyridine rings is 1. The molecule has 0 atom stereocenters. The Morgan fingerprint density at radius 3 is 2.25 bits per heavy atom. The van der Waals surface area contributed by atoms with Crippen LogP contribution >= 0.6 is 0 Å². The molecule has 1 fully saturated rings. The lowest BCUT2D eigenvalue weighted by molar-refractivity contribution is -0.659. The third kappa shape index (κ3) is 4.07. The number of nitrogens with zero attached hydrogens (tertiary/aromatic N) is 1. The van der Waals surface area contributed by atoms with Crippen LogP contribution in [0, 0.1) is 13.8 Å². The maximum Gasteiger partial charge on any atom is 0.220 e. The highest BCUT2D eigenvalue weighted by Gasteiger charge is 2.37. The van der Waals surface area contributed by atoms with Gasteiger partial charge in [-0.05, 0) is 71.9 Å². The van der Waals surface area contributed by atoms with Crippen molar-refractivity contribution in [2.45, 2.75) is 90.8 Å².